The number of halogens is 3. The molecule has 1 atom stereocenters. The third-order valence-electron chi connectivity index (χ3n) is 4.87. The molecule has 150 valence electrons. The first-order valence-electron chi connectivity index (χ1n) is 8.95. The van der Waals surface area contributed by atoms with Crippen molar-refractivity contribution >= 4 is 46.3 Å². The van der Waals surface area contributed by atoms with Gasteiger partial charge < -0.3 is 5.11 Å². The number of hydrogen-bond donors (Lipinski definition) is 1. The van der Waals surface area contributed by atoms with Gasteiger partial charge in [0.25, 0.3) is 11.7 Å². The van der Waals surface area contributed by atoms with E-state index in [0.717, 1.165) is 0 Å². The molecule has 4 nitrogen and oxygen atoms in total. The monoisotopic (exact) mass is 441 g/mol. The summed E-state index contributed by atoms with van der Waals surface area (Å²) in [6.07, 6.45) is 0. The van der Waals surface area contributed by atoms with E-state index in [1.807, 2.05) is 0 Å². The van der Waals surface area contributed by atoms with Crippen LogP contribution < -0.4 is 4.90 Å². The van der Waals surface area contributed by atoms with Crippen LogP contribution in [0.5, 0.6) is 0 Å². The first kappa shape index (κ1) is 20.1. The molecule has 30 heavy (non-hydrogen) atoms. The lowest BCUT2D eigenvalue weighted by Gasteiger charge is -2.25. The Hall–Kier alpha value is -3.15. The van der Waals surface area contributed by atoms with Crippen LogP contribution in [0.15, 0.2) is 78.4 Å². The average molecular weight is 442 g/mol. The highest BCUT2D eigenvalue weighted by Gasteiger charge is 2.47. The SMILES string of the molecule is O=C1C(=O)N(c2ccc(Cl)cc2)C(c2ccccc2F)/C1=C(/O)c1ccc(Cl)cc1. The number of hydrogen-bond acceptors (Lipinski definition) is 3. The third kappa shape index (κ3) is 3.47. The van der Waals surface area contributed by atoms with E-state index in [4.69, 9.17) is 23.2 Å². The van der Waals surface area contributed by atoms with Crippen molar-refractivity contribution in [2.24, 2.45) is 0 Å². The molecule has 0 spiro atoms. The number of benzene rings is 3. The van der Waals surface area contributed by atoms with Gasteiger partial charge in [0.15, 0.2) is 0 Å². The first-order valence-corrected chi connectivity index (χ1v) is 9.71. The van der Waals surface area contributed by atoms with E-state index in [-0.39, 0.29) is 16.7 Å². The quantitative estimate of drug-likeness (QED) is 0.319. The second-order valence-corrected chi connectivity index (χ2v) is 7.55. The second-order valence-electron chi connectivity index (χ2n) is 6.67. The van der Waals surface area contributed by atoms with Crippen LogP contribution in [-0.2, 0) is 9.59 Å². The maximum atomic E-state index is 14.7. The number of anilines is 1. The van der Waals surface area contributed by atoms with Crippen molar-refractivity contribution in [2.45, 2.75) is 6.04 Å². The Morgan fingerprint density at radius 2 is 1.43 bits per heavy atom. The van der Waals surface area contributed by atoms with E-state index in [1.54, 1.807) is 42.5 Å². The van der Waals surface area contributed by atoms with Crippen molar-refractivity contribution in [1.29, 1.82) is 0 Å². The minimum atomic E-state index is -1.15. The number of Topliss-reactive ketones (excluding diaryl/α,β-unsaturated/α-hetero) is 1. The summed E-state index contributed by atoms with van der Waals surface area (Å²) in [6.45, 7) is 0. The van der Waals surface area contributed by atoms with Crippen molar-refractivity contribution in [1.82, 2.24) is 0 Å². The van der Waals surface area contributed by atoms with Crippen molar-refractivity contribution in [2.75, 3.05) is 4.90 Å². The summed E-state index contributed by atoms with van der Waals surface area (Å²) < 4.78 is 14.7. The Bertz CT molecular complexity index is 1170. The lowest BCUT2D eigenvalue weighted by Crippen LogP contribution is -2.29. The molecule has 1 unspecified atom stereocenters. The molecule has 0 saturated carbocycles. The Balaban J connectivity index is 1.96. The molecular weight excluding hydrogens is 428 g/mol. The fourth-order valence-corrected chi connectivity index (χ4v) is 3.71. The highest BCUT2D eigenvalue weighted by atomic mass is 35.5. The van der Waals surface area contributed by atoms with Crippen molar-refractivity contribution in [3.05, 3.63) is 105 Å². The number of rotatable bonds is 3. The molecule has 1 N–H and O–H groups in total. The standard InChI is InChI=1S/C23H14Cl2FNO3/c24-14-7-5-13(6-8-14)21(28)19-20(17-3-1-2-4-18(17)26)27(23(30)22(19)29)16-11-9-15(25)10-12-16/h1-12,20,28H/b21-19-. The summed E-state index contributed by atoms with van der Waals surface area (Å²) in [4.78, 5) is 27.1. The molecule has 1 fully saturated rings. The minimum Gasteiger partial charge on any atom is -0.507 e. The van der Waals surface area contributed by atoms with Gasteiger partial charge in [-0.25, -0.2) is 4.39 Å². The van der Waals surface area contributed by atoms with Gasteiger partial charge in [-0.15, -0.1) is 0 Å². The third-order valence-corrected chi connectivity index (χ3v) is 5.37. The summed E-state index contributed by atoms with van der Waals surface area (Å²) >= 11 is 11.8. The fourth-order valence-electron chi connectivity index (χ4n) is 3.45. The Kier molecular flexibility index (Phi) is 5.33. The van der Waals surface area contributed by atoms with Crippen LogP contribution in [0.4, 0.5) is 10.1 Å². The van der Waals surface area contributed by atoms with Crippen molar-refractivity contribution in [3.63, 3.8) is 0 Å². The maximum absolute atomic E-state index is 14.7. The second kappa shape index (κ2) is 7.94. The van der Waals surface area contributed by atoms with Gasteiger partial charge in [-0.05, 0) is 54.6 Å². The van der Waals surface area contributed by atoms with Crippen LogP contribution in [0.25, 0.3) is 5.76 Å². The van der Waals surface area contributed by atoms with Gasteiger partial charge in [0, 0.05) is 26.9 Å². The molecule has 4 rings (SSSR count). The fraction of sp³-hybridized carbons (Fsp3) is 0.0435. The van der Waals surface area contributed by atoms with E-state index in [2.05, 4.69) is 0 Å². The number of aliphatic hydroxyl groups excluding tert-OH is 1. The Labute approximate surface area is 181 Å². The summed E-state index contributed by atoms with van der Waals surface area (Å²) in [5, 5.41) is 11.8. The van der Waals surface area contributed by atoms with Crippen molar-refractivity contribution in [3.8, 4) is 0 Å². The van der Waals surface area contributed by atoms with Crippen LogP contribution in [0, 0.1) is 5.82 Å². The molecule has 0 aromatic heterocycles. The van der Waals surface area contributed by atoms with Crippen LogP contribution in [0.2, 0.25) is 10.0 Å². The summed E-state index contributed by atoms with van der Waals surface area (Å²) in [5.41, 5.74) is 0.518. The number of nitrogens with zero attached hydrogens (tertiary/aromatic N) is 1. The molecule has 0 radical (unpaired) electrons. The lowest BCUT2D eigenvalue weighted by molar-refractivity contribution is -0.132. The minimum absolute atomic E-state index is 0.0853. The van der Waals surface area contributed by atoms with Crippen LogP contribution in [0.1, 0.15) is 17.2 Å². The van der Waals surface area contributed by atoms with Crippen molar-refractivity contribution < 1.29 is 19.1 Å². The zero-order valence-corrected chi connectivity index (χ0v) is 16.9. The predicted octanol–water partition coefficient (Wildman–Crippen LogP) is 5.76. The van der Waals surface area contributed by atoms with E-state index in [9.17, 15) is 19.1 Å². The number of carbonyl (C=O) groups is 2. The smallest absolute Gasteiger partial charge is 0.300 e. The summed E-state index contributed by atoms with van der Waals surface area (Å²) in [6, 6.07) is 17.0. The molecule has 1 saturated heterocycles. The zero-order chi connectivity index (χ0) is 21.4. The number of aliphatic hydroxyl groups is 1. The summed E-state index contributed by atoms with van der Waals surface area (Å²) in [5.74, 6) is -2.80. The van der Waals surface area contributed by atoms with Gasteiger partial charge in [-0.1, -0.05) is 41.4 Å². The van der Waals surface area contributed by atoms with E-state index < -0.39 is 29.3 Å². The molecular formula is C23H14Cl2FNO3. The number of ketones is 1. The molecule has 3 aromatic rings. The topological polar surface area (TPSA) is 57.6 Å². The van der Waals surface area contributed by atoms with Gasteiger partial charge in [0.1, 0.15) is 11.6 Å². The molecule has 0 bridgehead atoms. The van der Waals surface area contributed by atoms with Gasteiger partial charge in [0.2, 0.25) is 0 Å². The zero-order valence-electron chi connectivity index (χ0n) is 15.4. The van der Waals surface area contributed by atoms with Gasteiger partial charge in [-0.2, -0.15) is 0 Å². The van der Waals surface area contributed by atoms with Gasteiger partial charge in [-0.3, -0.25) is 14.5 Å². The molecule has 0 aliphatic carbocycles. The normalized spacial score (nSPS) is 18.1. The van der Waals surface area contributed by atoms with Gasteiger partial charge in [0.05, 0.1) is 11.6 Å². The van der Waals surface area contributed by atoms with Gasteiger partial charge >= 0.3 is 0 Å². The molecule has 1 amide bonds. The molecule has 7 heteroatoms. The highest BCUT2D eigenvalue weighted by molar-refractivity contribution is 6.51. The Morgan fingerprint density at radius 1 is 0.867 bits per heavy atom. The number of carbonyl (C=O) groups excluding carboxylic acids is 2. The molecule has 1 aliphatic rings. The van der Waals surface area contributed by atoms with E-state index in [1.165, 1.54) is 35.2 Å². The van der Waals surface area contributed by atoms with Crippen LogP contribution >= 0.6 is 23.2 Å². The largest absolute Gasteiger partial charge is 0.507 e. The molecule has 3 aromatic carbocycles. The predicted molar refractivity (Wildman–Crippen MR) is 114 cm³/mol. The van der Waals surface area contributed by atoms with Crippen LogP contribution in [0.3, 0.4) is 0 Å². The lowest BCUT2D eigenvalue weighted by atomic mass is 9.94. The molecule has 1 aliphatic heterocycles. The number of amides is 1. The summed E-state index contributed by atoms with van der Waals surface area (Å²) in [7, 11) is 0. The first-order chi connectivity index (χ1) is 14.4. The highest BCUT2D eigenvalue weighted by Crippen LogP contribution is 2.43. The van der Waals surface area contributed by atoms with E-state index in [0.29, 0.717) is 15.7 Å². The van der Waals surface area contributed by atoms with Crippen LogP contribution in [-0.4, -0.2) is 16.8 Å². The maximum Gasteiger partial charge on any atom is 0.300 e. The van der Waals surface area contributed by atoms with E-state index >= 15 is 0 Å². The molecule has 1 heterocycles. The average Bonchev–Trinajstić information content (AvgIpc) is 3.00. The Morgan fingerprint density at radius 3 is 2.03 bits per heavy atom.